The molecule has 0 bridgehead atoms. The number of hydrogen-bond acceptors (Lipinski definition) is 3. The van der Waals surface area contributed by atoms with Gasteiger partial charge in [-0.3, -0.25) is 4.79 Å². The predicted molar refractivity (Wildman–Crippen MR) is 53.6 cm³/mol. The lowest BCUT2D eigenvalue weighted by atomic mass is 10.1. The van der Waals surface area contributed by atoms with Crippen molar-refractivity contribution in [1.82, 2.24) is 10.3 Å². The van der Waals surface area contributed by atoms with Gasteiger partial charge in [0.05, 0.1) is 12.6 Å². The minimum absolute atomic E-state index is 0.0724. The van der Waals surface area contributed by atoms with Crippen LogP contribution in [0.15, 0.2) is 22.9 Å². The van der Waals surface area contributed by atoms with Crippen molar-refractivity contribution in [2.75, 3.05) is 13.2 Å². The monoisotopic (exact) mass is 256 g/mol. The zero-order valence-electron chi connectivity index (χ0n) is 7.37. The summed E-state index contributed by atoms with van der Waals surface area (Å²) < 4.78 is 5.91. The van der Waals surface area contributed by atoms with E-state index in [2.05, 4.69) is 26.2 Å². The number of carbonyl (C=O) groups is 1. The highest BCUT2D eigenvalue weighted by molar-refractivity contribution is 9.10. The molecule has 0 aliphatic carbocycles. The van der Waals surface area contributed by atoms with Crippen LogP contribution in [0.3, 0.4) is 0 Å². The van der Waals surface area contributed by atoms with Crippen LogP contribution in [0.2, 0.25) is 0 Å². The molecule has 0 unspecified atom stereocenters. The third-order valence-electron chi connectivity index (χ3n) is 2.01. The summed E-state index contributed by atoms with van der Waals surface area (Å²) in [7, 11) is 0. The number of hydrogen-bond donors (Lipinski definition) is 1. The van der Waals surface area contributed by atoms with Gasteiger partial charge in [0.25, 0.3) is 0 Å². The van der Waals surface area contributed by atoms with E-state index in [1.165, 1.54) is 0 Å². The molecule has 1 saturated heterocycles. The highest BCUT2D eigenvalue weighted by Crippen LogP contribution is 2.16. The summed E-state index contributed by atoms with van der Waals surface area (Å²) in [4.78, 5) is 15.1. The Kier molecular flexibility index (Phi) is 2.79. The molecule has 0 saturated carbocycles. The number of halogens is 1. The zero-order chi connectivity index (χ0) is 9.97. The number of nitrogens with zero attached hydrogens (tertiary/aromatic N) is 1. The number of pyridine rings is 1. The second kappa shape index (κ2) is 4.06. The van der Waals surface area contributed by atoms with Crippen molar-refractivity contribution in [3.63, 3.8) is 0 Å². The van der Waals surface area contributed by atoms with E-state index in [1.54, 1.807) is 6.20 Å². The Balaban J connectivity index is 2.14. The van der Waals surface area contributed by atoms with Gasteiger partial charge in [-0.1, -0.05) is 6.07 Å². The minimum Gasteiger partial charge on any atom is -0.369 e. The van der Waals surface area contributed by atoms with Gasteiger partial charge in [0, 0.05) is 6.20 Å². The van der Waals surface area contributed by atoms with Crippen LogP contribution >= 0.6 is 15.9 Å². The Morgan fingerprint density at radius 2 is 2.43 bits per heavy atom. The lowest BCUT2D eigenvalue weighted by molar-refractivity contribution is -0.131. The molecule has 1 amide bonds. The third-order valence-corrected chi connectivity index (χ3v) is 2.47. The van der Waals surface area contributed by atoms with Crippen LogP contribution in [0.25, 0.3) is 0 Å². The number of amides is 1. The molecule has 0 aromatic carbocycles. The number of rotatable bonds is 1. The van der Waals surface area contributed by atoms with E-state index in [0.717, 1.165) is 10.2 Å². The summed E-state index contributed by atoms with van der Waals surface area (Å²) in [6.45, 7) is 0.662. The summed E-state index contributed by atoms with van der Waals surface area (Å²) in [6.07, 6.45) is 1.73. The van der Waals surface area contributed by atoms with Crippen LogP contribution in [0.4, 0.5) is 0 Å². The van der Waals surface area contributed by atoms with Crippen molar-refractivity contribution < 1.29 is 9.53 Å². The summed E-state index contributed by atoms with van der Waals surface area (Å²) in [6, 6.07) is 3.68. The van der Waals surface area contributed by atoms with Gasteiger partial charge in [0.1, 0.15) is 11.2 Å². The van der Waals surface area contributed by atoms with Crippen LogP contribution in [-0.4, -0.2) is 24.1 Å². The Labute approximate surface area is 89.8 Å². The Morgan fingerprint density at radius 3 is 3.07 bits per heavy atom. The standard InChI is InChI=1S/C9H9BrN2O2/c10-8-2-1-6(3-11-8)7-4-14-5-9(13)12-7/h1-3,7H,4-5H2,(H,12,13)/t7-/m0/s1. The maximum Gasteiger partial charge on any atom is 0.246 e. The van der Waals surface area contributed by atoms with Crippen molar-refractivity contribution in [2.45, 2.75) is 6.04 Å². The van der Waals surface area contributed by atoms with Crippen molar-refractivity contribution in [1.29, 1.82) is 0 Å². The second-order valence-corrected chi connectivity index (χ2v) is 3.86. The third kappa shape index (κ3) is 2.10. The number of morpholine rings is 1. The molecular formula is C9H9BrN2O2. The van der Waals surface area contributed by atoms with Crippen molar-refractivity contribution in [3.8, 4) is 0 Å². The van der Waals surface area contributed by atoms with Crippen LogP contribution in [-0.2, 0) is 9.53 Å². The van der Waals surface area contributed by atoms with Crippen LogP contribution in [0, 0.1) is 0 Å². The first-order chi connectivity index (χ1) is 6.75. The van der Waals surface area contributed by atoms with E-state index in [1.807, 2.05) is 12.1 Å². The molecule has 1 N–H and O–H groups in total. The molecule has 1 aromatic rings. The molecule has 2 rings (SSSR count). The van der Waals surface area contributed by atoms with Gasteiger partial charge in [0.15, 0.2) is 0 Å². The molecule has 1 aromatic heterocycles. The van der Waals surface area contributed by atoms with E-state index in [0.29, 0.717) is 6.61 Å². The second-order valence-electron chi connectivity index (χ2n) is 3.05. The molecule has 1 atom stereocenters. The van der Waals surface area contributed by atoms with Gasteiger partial charge < -0.3 is 10.1 Å². The van der Waals surface area contributed by atoms with Gasteiger partial charge in [-0.25, -0.2) is 4.98 Å². The molecule has 2 heterocycles. The van der Waals surface area contributed by atoms with Crippen LogP contribution in [0.1, 0.15) is 11.6 Å². The highest BCUT2D eigenvalue weighted by atomic mass is 79.9. The average molecular weight is 257 g/mol. The molecular weight excluding hydrogens is 248 g/mol. The molecule has 0 spiro atoms. The van der Waals surface area contributed by atoms with Crippen molar-refractivity contribution in [2.24, 2.45) is 0 Å². The Bertz CT molecular complexity index is 339. The van der Waals surface area contributed by atoms with Gasteiger partial charge in [-0.05, 0) is 27.6 Å². The molecule has 1 fully saturated rings. The van der Waals surface area contributed by atoms with Gasteiger partial charge in [-0.15, -0.1) is 0 Å². The fourth-order valence-corrected chi connectivity index (χ4v) is 1.55. The maximum atomic E-state index is 11.0. The summed E-state index contributed by atoms with van der Waals surface area (Å²) >= 11 is 3.25. The molecule has 74 valence electrons. The fraction of sp³-hybridized carbons (Fsp3) is 0.333. The van der Waals surface area contributed by atoms with E-state index < -0.39 is 0 Å². The molecule has 1 aliphatic heterocycles. The maximum absolute atomic E-state index is 11.0. The normalized spacial score (nSPS) is 21.8. The number of aromatic nitrogens is 1. The zero-order valence-corrected chi connectivity index (χ0v) is 8.95. The first-order valence-electron chi connectivity index (χ1n) is 4.24. The SMILES string of the molecule is O=C1COC[C@@H](c2ccc(Br)nc2)N1. The largest absolute Gasteiger partial charge is 0.369 e. The lowest BCUT2D eigenvalue weighted by Crippen LogP contribution is -2.39. The summed E-state index contributed by atoms with van der Waals surface area (Å²) in [5.41, 5.74) is 0.959. The summed E-state index contributed by atoms with van der Waals surface area (Å²) in [5, 5.41) is 2.83. The first kappa shape index (κ1) is 9.61. The van der Waals surface area contributed by atoms with E-state index in [4.69, 9.17) is 4.74 Å². The van der Waals surface area contributed by atoms with Crippen LogP contribution in [0.5, 0.6) is 0 Å². The lowest BCUT2D eigenvalue weighted by Gasteiger charge is -2.23. The Morgan fingerprint density at radius 1 is 1.57 bits per heavy atom. The highest BCUT2D eigenvalue weighted by Gasteiger charge is 2.20. The average Bonchev–Trinajstić information content (AvgIpc) is 2.19. The topological polar surface area (TPSA) is 51.2 Å². The van der Waals surface area contributed by atoms with Crippen molar-refractivity contribution in [3.05, 3.63) is 28.5 Å². The van der Waals surface area contributed by atoms with Gasteiger partial charge in [0.2, 0.25) is 5.91 Å². The summed E-state index contributed by atoms with van der Waals surface area (Å²) in [5.74, 6) is -0.0795. The molecule has 0 radical (unpaired) electrons. The van der Waals surface area contributed by atoms with E-state index in [9.17, 15) is 4.79 Å². The Hall–Kier alpha value is -0.940. The number of nitrogens with one attached hydrogen (secondary N) is 1. The van der Waals surface area contributed by atoms with Gasteiger partial charge >= 0.3 is 0 Å². The van der Waals surface area contributed by atoms with Crippen LogP contribution < -0.4 is 5.32 Å². The van der Waals surface area contributed by atoms with Crippen molar-refractivity contribution >= 4 is 21.8 Å². The minimum atomic E-state index is -0.0795. The molecule has 14 heavy (non-hydrogen) atoms. The molecule has 4 nitrogen and oxygen atoms in total. The predicted octanol–water partition coefficient (Wildman–Crippen LogP) is 1.03. The fourth-order valence-electron chi connectivity index (χ4n) is 1.32. The quantitative estimate of drug-likeness (QED) is 0.764. The van der Waals surface area contributed by atoms with E-state index in [-0.39, 0.29) is 18.6 Å². The molecule has 5 heteroatoms. The van der Waals surface area contributed by atoms with E-state index >= 15 is 0 Å². The van der Waals surface area contributed by atoms with Gasteiger partial charge in [-0.2, -0.15) is 0 Å². The molecule has 1 aliphatic rings. The smallest absolute Gasteiger partial charge is 0.246 e. The first-order valence-corrected chi connectivity index (χ1v) is 5.03. The number of ether oxygens (including phenoxy) is 1. The number of carbonyl (C=O) groups excluding carboxylic acids is 1.